The van der Waals surface area contributed by atoms with Crippen molar-refractivity contribution in [2.24, 2.45) is 0 Å². The van der Waals surface area contributed by atoms with Crippen LogP contribution in [0.2, 0.25) is 0 Å². The van der Waals surface area contributed by atoms with E-state index in [0.717, 1.165) is 29.7 Å². The van der Waals surface area contributed by atoms with E-state index in [-0.39, 0.29) is 37.3 Å². The Morgan fingerprint density at radius 1 is 1.03 bits per heavy atom. The molecule has 2 atom stereocenters. The lowest BCUT2D eigenvalue weighted by Crippen LogP contribution is -2.52. The van der Waals surface area contributed by atoms with E-state index in [9.17, 15) is 4.79 Å². The van der Waals surface area contributed by atoms with E-state index >= 15 is 0 Å². The van der Waals surface area contributed by atoms with Crippen LogP contribution in [0, 0.1) is 0 Å². The van der Waals surface area contributed by atoms with Crippen LogP contribution in [0.5, 0.6) is 11.5 Å². The fourth-order valence-electron chi connectivity index (χ4n) is 4.86. The second kappa shape index (κ2) is 9.00. The van der Waals surface area contributed by atoms with Crippen molar-refractivity contribution < 1.29 is 14.3 Å². The largest absolute Gasteiger partial charge is 0.454 e. The first kappa shape index (κ1) is 22.4. The van der Waals surface area contributed by atoms with Crippen LogP contribution in [-0.4, -0.2) is 42.3 Å². The summed E-state index contributed by atoms with van der Waals surface area (Å²) in [7, 11) is 2.12. The van der Waals surface area contributed by atoms with E-state index in [1.807, 2.05) is 17.0 Å². The Hall–Kier alpha value is -2.76. The van der Waals surface area contributed by atoms with E-state index in [0.29, 0.717) is 12.3 Å². The van der Waals surface area contributed by atoms with Gasteiger partial charge in [-0.3, -0.25) is 9.69 Å². The molecule has 5 nitrogen and oxygen atoms in total. The molecule has 0 radical (unpaired) electrons. The van der Waals surface area contributed by atoms with Crippen LogP contribution in [0.25, 0.3) is 10.8 Å². The Morgan fingerprint density at radius 2 is 1.75 bits per heavy atom. The van der Waals surface area contributed by atoms with Gasteiger partial charge in [0.05, 0.1) is 6.17 Å². The summed E-state index contributed by atoms with van der Waals surface area (Å²) < 4.78 is 11.0. The average molecular weight is 453 g/mol. The molecule has 2 unspecified atom stereocenters. The summed E-state index contributed by atoms with van der Waals surface area (Å²) in [6.07, 6.45) is 1.71. The minimum Gasteiger partial charge on any atom is -0.454 e. The molecule has 32 heavy (non-hydrogen) atoms. The molecule has 3 aromatic carbocycles. The van der Waals surface area contributed by atoms with Crippen molar-refractivity contribution >= 4 is 29.1 Å². The van der Waals surface area contributed by atoms with Gasteiger partial charge in [0.1, 0.15) is 0 Å². The van der Waals surface area contributed by atoms with Crippen molar-refractivity contribution in [1.29, 1.82) is 0 Å². The van der Waals surface area contributed by atoms with Crippen molar-refractivity contribution in [2.75, 3.05) is 20.4 Å². The van der Waals surface area contributed by atoms with Crippen molar-refractivity contribution in [1.82, 2.24) is 9.80 Å². The number of benzene rings is 3. The van der Waals surface area contributed by atoms with Gasteiger partial charge in [-0.05, 0) is 66.9 Å². The number of carbonyl (C=O) groups is 1. The second-order valence-electron chi connectivity index (χ2n) is 8.45. The Labute approximate surface area is 195 Å². The molecule has 0 N–H and O–H groups in total. The highest BCUT2D eigenvalue weighted by molar-refractivity contribution is 5.97. The monoisotopic (exact) mass is 452 g/mol. The molecule has 5 rings (SSSR count). The van der Waals surface area contributed by atoms with Crippen LogP contribution < -0.4 is 9.47 Å². The van der Waals surface area contributed by atoms with Crippen molar-refractivity contribution in [3.63, 3.8) is 0 Å². The minimum absolute atomic E-state index is 0. The summed E-state index contributed by atoms with van der Waals surface area (Å²) in [6.45, 7) is 5.29. The Morgan fingerprint density at radius 3 is 2.50 bits per heavy atom. The van der Waals surface area contributed by atoms with Crippen molar-refractivity contribution in [3.05, 3.63) is 71.3 Å². The Balaban J connectivity index is 0.00000245. The summed E-state index contributed by atoms with van der Waals surface area (Å²) in [5, 5.41) is 2.49. The second-order valence-corrected chi connectivity index (χ2v) is 8.45. The van der Waals surface area contributed by atoms with Crippen molar-refractivity contribution in [3.8, 4) is 11.5 Å². The summed E-state index contributed by atoms with van der Waals surface area (Å²) in [5.41, 5.74) is 3.04. The SMILES string of the molecule is CCC(N1CCc2cc3c(cc2C1=O)OCO3)N(C)C(C)c1ccc2ccccc2c1.Cl. The lowest BCUT2D eigenvalue weighted by atomic mass is 9.96. The third-order valence-electron chi connectivity index (χ3n) is 6.77. The molecule has 0 saturated carbocycles. The van der Waals surface area contributed by atoms with Gasteiger partial charge in [-0.2, -0.15) is 0 Å². The Kier molecular flexibility index (Phi) is 6.31. The molecule has 3 aromatic rings. The highest BCUT2D eigenvalue weighted by atomic mass is 35.5. The van der Waals surface area contributed by atoms with Gasteiger partial charge in [0.15, 0.2) is 11.5 Å². The zero-order valence-electron chi connectivity index (χ0n) is 18.7. The van der Waals surface area contributed by atoms with Crippen molar-refractivity contribution in [2.45, 2.75) is 38.9 Å². The molecular formula is C26H29ClN2O3. The molecule has 2 aliphatic heterocycles. The molecule has 1 amide bonds. The predicted molar refractivity (Wildman–Crippen MR) is 129 cm³/mol. The zero-order valence-corrected chi connectivity index (χ0v) is 19.5. The normalized spacial score (nSPS) is 16.6. The number of fused-ring (bicyclic) bond motifs is 3. The molecule has 6 heteroatoms. The lowest BCUT2D eigenvalue weighted by molar-refractivity contribution is 0.0234. The molecular weight excluding hydrogens is 424 g/mol. The van der Waals surface area contributed by atoms with Gasteiger partial charge in [-0.25, -0.2) is 0 Å². The van der Waals surface area contributed by atoms with Gasteiger partial charge in [-0.1, -0.05) is 43.3 Å². The topological polar surface area (TPSA) is 42.0 Å². The maximum atomic E-state index is 13.5. The third kappa shape index (κ3) is 3.80. The van der Waals surface area contributed by atoms with E-state index in [1.54, 1.807) is 0 Å². The average Bonchev–Trinajstić information content (AvgIpc) is 3.26. The number of hydrogen-bond donors (Lipinski definition) is 0. The summed E-state index contributed by atoms with van der Waals surface area (Å²) in [5.74, 6) is 1.48. The first-order chi connectivity index (χ1) is 15.1. The van der Waals surface area contributed by atoms with Gasteiger partial charge in [-0.15, -0.1) is 12.4 Å². The van der Waals surface area contributed by atoms with Crippen LogP contribution in [0.1, 0.15) is 47.8 Å². The number of ether oxygens (including phenoxy) is 2. The van der Waals surface area contributed by atoms with E-state index in [4.69, 9.17) is 9.47 Å². The van der Waals surface area contributed by atoms with Crippen LogP contribution in [0.15, 0.2) is 54.6 Å². The number of amides is 1. The highest BCUT2D eigenvalue weighted by Gasteiger charge is 2.34. The molecule has 0 saturated heterocycles. The van der Waals surface area contributed by atoms with Crippen LogP contribution in [0.3, 0.4) is 0 Å². The van der Waals surface area contributed by atoms with E-state index < -0.39 is 0 Å². The molecule has 0 spiro atoms. The van der Waals surface area contributed by atoms with Gasteiger partial charge < -0.3 is 14.4 Å². The molecule has 168 valence electrons. The van der Waals surface area contributed by atoms with E-state index in [1.165, 1.54) is 16.3 Å². The zero-order chi connectivity index (χ0) is 21.5. The number of halogens is 1. The maximum Gasteiger partial charge on any atom is 0.255 e. The molecule has 0 bridgehead atoms. The summed E-state index contributed by atoms with van der Waals surface area (Å²) in [4.78, 5) is 17.8. The van der Waals surface area contributed by atoms with Gasteiger partial charge in [0.2, 0.25) is 6.79 Å². The quantitative estimate of drug-likeness (QED) is 0.518. The number of carbonyl (C=O) groups excluding carboxylic acids is 1. The number of rotatable bonds is 5. The Bertz CT molecular complexity index is 1150. The molecule has 0 fully saturated rings. The van der Waals surface area contributed by atoms with Crippen LogP contribution in [0.4, 0.5) is 0 Å². The summed E-state index contributed by atoms with van der Waals surface area (Å²) in [6, 6.07) is 19.1. The summed E-state index contributed by atoms with van der Waals surface area (Å²) >= 11 is 0. The third-order valence-corrected chi connectivity index (χ3v) is 6.77. The molecule has 2 aliphatic rings. The van der Waals surface area contributed by atoms with Crippen LogP contribution >= 0.6 is 12.4 Å². The fourth-order valence-corrected chi connectivity index (χ4v) is 4.86. The first-order valence-corrected chi connectivity index (χ1v) is 11.0. The van der Waals surface area contributed by atoms with E-state index in [2.05, 4.69) is 68.3 Å². The smallest absolute Gasteiger partial charge is 0.255 e. The number of nitrogens with zero attached hydrogens (tertiary/aromatic N) is 2. The first-order valence-electron chi connectivity index (χ1n) is 11.0. The lowest BCUT2D eigenvalue weighted by Gasteiger charge is -2.42. The fraction of sp³-hybridized carbons (Fsp3) is 0.346. The standard InChI is InChI=1S/C26H28N2O3.ClH/c1-4-25(27(3)17(2)19-10-9-18-7-5-6-8-20(18)13-19)28-12-11-21-14-23-24(31-16-30-23)15-22(21)26(28)29;/h5-10,13-15,17,25H,4,11-12,16H2,1-3H3;1H. The number of hydrogen-bond acceptors (Lipinski definition) is 4. The van der Waals surface area contributed by atoms with Gasteiger partial charge in [0, 0.05) is 18.2 Å². The minimum atomic E-state index is 0. The molecule has 0 aliphatic carbocycles. The molecule has 0 aromatic heterocycles. The maximum absolute atomic E-state index is 13.5. The van der Waals surface area contributed by atoms with Gasteiger partial charge in [0.25, 0.3) is 5.91 Å². The van der Waals surface area contributed by atoms with Gasteiger partial charge >= 0.3 is 0 Å². The molecule has 2 heterocycles. The predicted octanol–water partition coefficient (Wildman–Crippen LogP) is 5.42. The highest BCUT2D eigenvalue weighted by Crippen LogP contribution is 2.37. The van der Waals surface area contributed by atoms with Crippen LogP contribution in [-0.2, 0) is 6.42 Å².